The maximum Gasteiger partial charge on any atom is 0.282 e. The second-order valence-electron chi connectivity index (χ2n) is 8.00. The Morgan fingerprint density at radius 2 is 1.65 bits per heavy atom. The molecule has 0 amide bonds. The molecular formula is C28H21N5O. The molecule has 3 aromatic carbocycles. The Labute approximate surface area is 196 Å². The number of rotatable bonds is 4. The summed E-state index contributed by atoms with van der Waals surface area (Å²) in [7, 11) is 0. The van der Waals surface area contributed by atoms with Gasteiger partial charge in [0.15, 0.2) is 5.82 Å². The first kappa shape index (κ1) is 21.1. The Morgan fingerprint density at radius 3 is 2.38 bits per heavy atom. The quantitative estimate of drug-likeness (QED) is 0.357. The molecule has 0 bridgehead atoms. The largest absolute Gasteiger partial charge is 0.318 e. The lowest BCUT2D eigenvalue weighted by molar-refractivity contribution is 0.829. The molecule has 0 radical (unpaired) electrons. The van der Waals surface area contributed by atoms with Gasteiger partial charge >= 0.3 is 0 Å². The fraction of sp³-hybridized carbons (Fsp3) is 0.0714. The second kappa shape index (κ2) is 8.64. The topological polar surface area (TPSA) is 76.0 Å². The van der Waals surface area contributed by atoms with E-state index in [0.717, 1.165) is 28.2 Å². The molecule has 6 heteroatoms. The number of fused-ring (bicyclic) bond motifs is 1. The zero-order valence-corrected chi connectivity index (χ0v) is 18.8. The number of hydrogen-bond donors (Lipinski definition) is 0. The average Bonchev–Trinajstić information content (AvgIpc) is 3.16. The van der Waals surface area contributed by atoms with Gasteiger partial charge in [-0.3, -0.25) is 4.79 Å². The Morgan fingerprint density at radius 1 is 0.941 bits per heavy atom. The summed E-state index contributed by atoms with van der Waals surface area (Å²) in [6.07, 6.45) is 1.70. The number of hydrogen-bond acceptors (Lipinski definition) is 4. The van der Waals surface area contributed by atoms with E-state index >= 15 is 0 Å². The summed E-state index contributed by atoms with van der Waals surface area (Å²) in [6.45, 7) is 4.02. The molecular weight excluding hydrogens is 422 g/mol. The minimum Gasteiger partial charge on any atom is -0.318 e. The molecule has 5 aromatic rings. The van der Waals surface area contributed by atoms with Crippen molar-refractivity contribution in [3.8, 4) is 23.1 Å². The van der Waals surface area contributed by atoms with Crippen LogP contribution in [-0.2, 0) is 0 Å². The van der Waals surface area contributed by atoms with Crippen LogP contribution >= 0.6 is 0 Å². The zero-order valence-electron chi connectivity index (χ0n) is 18.8. The number of nitrogens with zero attached hydrogens (tertiary/aromatic N) is 5. The summed E-state index contributed by atoms with van der Waals surface area (Å²) >= 11 is 0. The number of nitriles is 1. The molecule has 0 saturated carbocycles. The molecule has 0 fully saturated rings. The van der Waals surface area contributed by atoms with Crippen molar-refractivity contribution < 1.29 is 0 Å². The van der Waals surface area contributed by atoms with E-state index in [1.165, 1.54) is 4.68 Å². The molecule has 0 aliphatic heterocycles. The van der Waals surface area contributed by atoms with Crippen molar-refractivity contribution in [1.29, 1.82) is 5.26 Å². The molecule has 0 atom stereocenters. The third-order valence-corrected chi connectivity index (χ3v) is 5.82. The summed E-state index contributed by atoms with van der Waals surface area (Å²) < 4.78 is 3.47. The van der Waals surface area contributed by atoms with Crippen LogP contribution in [0.5, 0.6) is 0 Å². The molecule has 0 saturated heterocycles. The van der Waals surface area contributed by atoms with Crippen LogP contribution in [0.15, 0.2) is 94.8 Å². The van der Waals surface area contributed by atoms with Crippen LogP contribution < -0.4 is 5.56 Å². The predicted molar refractivity (Wildman–Crippen MR) is 134 cm³/mol. The second-order valence-corrected chi connectivity index (χ2v) is 8.00. The highest BCUT2D eigenvalue weighted by Crippen LogP contribution is 2.21. The van der Waals surface area contributed by atoms with Crippen molar-refractivity contribution in [1.82, 2.24) is 14.2 Å². The average molecular weight is 444 g/mol. The lowest BCUT2D eigenvalue weighted by Crippen LogP contribution is -2.20. The minimum absolute atomic E-state index is 0.221. The van der Waals surface area contributed by atoms with Gasteiger partial charge in [-0.25, -0.2) is 4.98 Å². The third kappa shape index (κ3) is 3.70. The van der Waals surface area contributed by atoms with Crippen LogP contribution in [-0.4, -0.2) is 20.4 Å². The van der Waals surface area contributed by atoms with Crippen molar-refractivity contribution in [3.05, 3.63) is 118 Å². The van der Waals surface area contributed by atoms with Gasteiger partial charge in [-0.2, -0.15) is 15.0 Å². The first-order chi connectivity index (χ1) is 16.6. The smallest absolute Gasteiger partial charge is 0.282 e. The van der Waals surface area contributed by atoms with E-state index in [9.17, 15) is 4.79 Å². The first-order valence-corrected chi connectivity index (χ1v) is 10.9. The van der Waals surface area contributed by atoms with Gasteiger partial charge in [0.25, 0.3) is 5.56 Å². The summed E-state index contributed by atoms with van der Waals surface area (Å²) in [6, 6.07) is 28.5. The van der Waals surface area contributed by atoms with Crippen LogP contribution in [0.25, 0.3) is 28.0 Å². The van der Waals surface area contributed by atoms with E-state index < -0.39 is 0 Å². The monoisotopic (exact) mass is 443 g/mol. The molecule has 0 unspecified atom stereocenters. The predicted octanol–water partition coefficient (Wildman–Crippen LogP) is 5.22. The van der Waals surface area contributed by atoms with E-state index in [4.69, 9.17) is 10.2 Å². The molecule has 5 rings (SSSR count). The molecule has 2 aromatic heterocycles. The SMILES string of the molecule is Cc1cc(C=Nn2c(-c3ccccc3)nc3ccccc3c2=O)c(C)n1-c1ccc(C#N)cc1. The molecule has 0 aliphatic rings. The van der Waals surface area contributed by atoms with E-state index in [2.05, 4.69) is 15.7 Å². The summed E-state index contributed by atoms with van der Waals surface area (Å²) in [4.78, 5) is 18.1. The minimum atomic E-state index is -0.221. The van der Waals surface area contributed by atoms with Crippen LogP contribution in [0.3, 0.4) is 0 Å². The number of aromatic nitrogens is 3. The van der Waals surface area contributed by atoms with Gasteiger partial charge in [0.05, 0.1) is 28.8 Å². The lowest BCUT2D eigenvalue weighted by atomic mass is 10.2. The normalized spacial score (nSPS) is 11.2. The lowest BCUT2D eigenvalue weighted by Gasteiger charge is -2.10. The number of aryl methyl sites for hydroxylation is 1. The van der Waals surface area contributed by atoms with Crippen molar-refractivity contribution >= 4 is 17.1 Å². The van der Waals surface area contributed by atoms with Gasteiger partial charge < -0.3 is 4.57 Å². The standard InChI is InChI=1S/C28H21N5O/c1-19-16-23(20(2)32(19)24-14-12-21(17-29)13-15-24)18-30-33-27(22-8-4-3-5-9-22)31-26-11-7-6-10-25(26)28(33)34/h3-16,18H,1-2H3. The van der Waals surface area contributed by atoms with Gasteiger partial charge in [0, 0.05) is 28.2 Å². The molecule has 0 N–H and O–H groups in total. The van der Waals surface area contributed by atoms with Crippen molar-refractivity contribution in [2.45, 2.75) is 13.8 Å². The molecule has 34 heavy (non-hydrogen) atoms. The first-order valence-electron chi connectivity index (χ1n) is 10.9. The van der Waals surface area contributed by atoms with E-state index in [0.29, 0.717) is 22.3 Å². The van der Waals surface area contributed by atoms with Crippen molar-refractivity contribution in [2.75, 3.05) is 0 Å². The third-order valence-electron chi connectivity index (χ3n) is 5.82. The maximum atomic E-state index is 13.4. The highest BCUT2D eigenvalue weighted by molar-refractivity contribution is 5.83. The van der Waals surface area contributed by atoms with Gasteiger partial charge in [0.1, 0.15) is 0 Å². The van der Waals surface area contributed by atoms with Gasteiger partial charge in [-0.05, 0) is 56.3 Å². The zero-order chi connectivity index (χ0) is 23.7. The van der Waals surface area contributed by atoms with Crippen molar-refractivity contribution in [3.63, 3.8) is 0 Å². The van der Waals surface area contributed by atoms with E-state index in [1.54, 1.807) is 24.4 Å². The summed E-state index contributed by atoms with van der Waals surface area (Å²) in [5, 5.41) is 14.2. The Balaban J connectivity index is 1.63. The van der Waals surface area contributed by atoms with Gasteiger partial charge in [0.2, 0.25) is 0 Å². The van der Waals surface area contributed by atoms with Crippen molar-refractivity contribution in [2.24, 2.45) is 5.10 Å². The molecule has 6 nitrogen and oxygen atoms in total. The molecule has 2 heterocycles. The van der Waals surface area contributed by atoms with Crippen LogP contribution in [0.4, 0.5) is 0 Å². The number of benzene rings is 3. The van der Waals surface area contributed by atoms with Crippen LogP contribution in [0, 0.1) is 25.2 Å². The Kier molecular flexibility index (Phi) is 5.36. The summed E-state index contributed by atoms with van der Waals surface area (Å²) in [5.41, 5.74) is 5.70. The fourth-order valence-corrected chi connectivity index (χ4v) is 4.13. The molecule has 164 valence electrons. The summed E-state index contributed by atoms with van der Waals surface area (Å²) in [5.74, 6) is 0.487. The van der Waals surface area contributed by atoms with Gasteiger partial charge in [-0.1, -0.05) is 42.5 Å². The van der Waals surface area contributed by atoms with Crippen LogP contribution in [0.1, 0.15) is 22.5 Å². The van der Waals surface area contributed by atoms with Crippen LogP contribution in [0.2, 0.25) is 0 Å². The van der Waals surface area contributed by atoms with Gasteiger partial charge in [-0.15, -0.1) is 0 Å². The van der Waals surface area contributed by atoms with E-state index in [1.807, 2.05) is 80.6 Å². The maximum absolute atomic E-state index is 13.4. The molecule has 0 spiro atoms. The fourth-order valence-electron chi connectivity index (χ4n) is 4.13. The molecule has 0 aliphatic carbocycles. The Bertz CT molecular complexity index is 1640. The van der Waals surface area contributed by atoms with E-state index in [-0.39, 0.29) is 5.56 Å². The highest BCUT2D eigenvalue weighted by Gasteiger charge is 2.13. The number of para-hydroxylation sites is 1. The highest BCUT2D eigenvalue weighted by atomic mass is 16.1. The Hall–Kier alpha value is -4.76.